The maximum atomic E-state index is 12.4. The molecule has 2 unspecified atom stereocenters. The predicted molar refractivity (Wildman–Crippen MR) is 94.1 cm³/mol. The summed E-state index contributed by atoms with van der Waals surface area (Å²) in [6, 6.07) is 3.41. The minimum atomic E-state index is -0.837. The zero-order chi connectivity index (χ0) is 16.3. The molecule has 1 aliphatic rings. The molecule has 5 nitrogen and oxygen atoms in total. The van der Waals surface area contributed by atoms with Gasteiger partial charge in [-0.25, -0.2) is 0 Å². The third kappa shape index (κ3) is 5.19. The molecule has 7 heteroatoms. The summed E-state index contributed by atoms with van der Waals surface area (Å²) in [5.41, 5.74) is -0.0995. The summed E-state index contributed by atoms with van der Waals surface area (Å²) in [6.07, 6.45) is 1.45. The van der Waals surface area contributed by atoms with Crippen molar-refractivity contribution in [1.82, 2.24) is 10.2 Å². The van der Waals surface area contributed by atoms with Crippen molar-refractivity contribution in [3.8, 4) is 0 Å². The van der Waals surface area contributed by atoms with Gasteiger partial charge in [-0.2, -0.15) is 0 Å². The lowest BCUT2D eigenvalue weighted by Gasteiger charge is -2.31. The van der Waals surface area contributed by atoms with Crippen LogP contribution >= 0.6 is 23.7 Å². The molecule has 2 N–H and O–H groups in total. The van der Waals surface area contributed by atoms with Gasteiger partial charge in [-0.3, -0.25) is 14.5 Å². The van der Waals surface area contributed by atoms with Crippen molar-refractivity contribution in [2.45, 2.75) is 45.7 Å². The fourth-order valence-corrected chi connectivity index (χ4v) is 3.88. The number of carboxylic acids is 1. The van der Waals surface area contributed by atoms with Gasteiger partial charge in [0.1, 0.15) is 6.04 Å². The summed E-state index contributed by atoms with van der Waals surface area (Å²) >= 11 is 1.63. The summed E-state index contributed by atoms with van der Waals surface area (Å²) < 4.78 is 0. The Morgan fingerprint density at radius 2 is 2.17 bits per heavy atom. The lowest BCUT2D eigenvalue weighted by Crippen LogP contribution is -2.45. The number of rotatable bonds is 5. The molecule has 1 saturated heterocycles. The van der Waals surface area contributed by atoms with Crippen molar-refractivity contribution >= 4 is 35.6 Å². The summed E-state index contributed by atoms with van der Waals surface area (Å²) in [6.45, 7) is 7.09. The van der Waals surface area contributed by atoms with Crippen LogP contribution in [0, 0.1) is 5.41 Å². The van der Waals surface area contributed by atoms with Crippen molar-refractivity contribution in [2.24, 2.45) is 5.41 Å². The molecule has 1 aliphatic heterocycles. The average molecular weight is 361 g/mol. The molecular formula is C16H25ClN2O3S. The number of thiophene rings is 1. The second kappa shape index (κ2) is 8.13. The highest BCUT2D eigenvalue weighted by Gasteiger charge is 2.33. The van der Waals surface area contributed by atoms with Gasteiger partial charge in [0.2, 0.25) is 5.91 Å². The topological polar surface area (TPSA) is 69.6 Å². The largest absolute Gasteiger partial charge is 0.480 e. The van der Waals surface area contributed by atoms with E-state index in [0.717, 1.165) is 11.3 Å². The molecule has 0 saturated carbocycles. The molecule has 1 aromatic rings. The molecule has 0 bridgehead atoms. The molecule has 1 amide bonds. The van der Waals surface area contributed by atoms with Crippen molar-refractivity contribution in [3.63, 3.8) is 0 Å². The predicted octanol–water partition coefficient (Wildman–Crippen LogP) is 2.92. The van der Waals surface area contributed by atoms with E-state index in [2.05, 4.69) is 26.1 Å². The molecule has 1 fully saturated rings. The van der Waals surface area contributed by atoms with E-state index < -0.39 is 12.0 Å². The standard InChI is InChI=1S/C16H24N2O3S.ClH/c1-16(2,3)14(12-7-5-9-22-12)17-13(19)10-18-8-4-6-11(18)15(20)21;/h5,7,9,11,14H,4,6,8,10H2,1-3H3,(H,17,19)(H,20,21);1H. The number of halogens is 1. The van der Waals surface area contributed by atoms with Crippen LogP contribution in [-0.2, 0) is 9.59 Å². The van der Waals surface area contributed by atoms with Crippen LogP contribution in [-0.4, -0.2) is 41.0 Å². The zero-order valence-electron chi connectivity index (χ0n) is 13.7. The SMILES string of the molecule is CC(C)(C)C(NC(=O)CN1CCCC1C(=O)O)c1cccs1.Cl. The van der Waals surface area contributed by atoms with Gasteiger partial charge in [-0.05, 0) is 36.2 Å². The van der Waals surface area contributed by atoms with E-state index in [-0.39, 0.29) is 36.3 Å². The average Bonchev–Trinajstić information content (AvgIpc) is 3.05. The van der Waals surface area contributed by atoms with Crippen LogP contribution in [0.1, 0.15) is 44.5 Å². The molecule has 23 heavy (non-hydrogen) atoms. The number of hydrogen-bond acceptors (Lipinski definition) is 4. The first-order chi connectivity index (χ1) is 10.3. The first-order valence-corrected chi connectivity index (χ1v) is 8.46. The van der Waals surface area contributed by atoms with Gasteiger partial charge >= 0.3 is 5.97 Å². The van der Waals surface area contributed by atoms with Crippen molar-refractivity contribution in [2.75, 3.05) is 13.1 Å². The highest BCUT2D eigenvalue weighted by Crippen LogP contribution is 2.35. The quantitative estimate of drug-likeness (QED) is 0.847. The van der Waals surface area contributed by atoms with Gasteiger partial charge in [-0.15, -0.1) is 23.7 Å². The number of likely N-dealkylation sites (tertiary alicyclic amines) is 1. The molecule has 1 aromatic heterocycles. The Bertz CT molecular complexity index is 528. The summed E-state index contributed by atoms with van der Waals surface area (Å²) in [5, 5.41) is 14.3. The van der Waals surface area contributed by atoms with E-state index in [1.54, 1.807) is 16.2 Å². The van der Waals surface area contributed by atoms with Crippen molar-refractivity contribution in [1.29, 1.82) is 0 Å². The number of carbonyl (C=O) groups excluding carboxylic acids is 1. The number of aliphatic carboxylic acids is 1. The molecule has 0 aromatic carbocycles. The summed E-state index contributed by atoms with van der Waals surface area (Å²) in [5.74, 6) is -0.947. The molecule has 2 rings (SSSR count). The number of carbonyl (C=O) groups is 2. The second-order valence-corrected chi connectivity index (χ2v) is 7.83. The van der Waals surface area contributed by atoms with Crippen molar-refractivity contribution in [3.05, 3.63) is 22.4 Å². The highest BCUT2D eigenvalue weighted by molar-refractivity contribution is 7.10. The summed E-state index contributed by atoms with van der Waals surface area (Å²) in [7, 11) is 0. The van der Waals surface area contributed by atoms with E-state index in [9.17, 15) is 14.7 Å². The van der Waals surface area contributed by atoms with E-state index in [1.807, 2.05) is 17.5 Å². The van der Waals surface area contributed by atoms with Crippen LogP contribution in [0.4, 0.5) is 0 Å². The molecule has 130 valence electrons. The fraction of sp³-hybridized carbons (Fsp3) is 0.625. The van der Waals surface area contributed by atoms with Gasteiger partial charge < -0.3 is 10.4 Å². The third-order valence-electron chi connectivity index (χ3n) is 3.99. The van der Waals surface area contributed by atoms with Crippen LogP contribution in [0.25, 0.3) is 0 Å². The van der Waals surface area contributed by atoms with Gasteiger partial charge in [0.05, 0.1) is 12.6 Å². The van der Waals surface area contributed by atoms with Gasteiger partial charge in [0.25, 0.3) is 0 Å². The summed E-state index contributed by atoms with van der Waals surface area (Å²) in [4.78, 5) is 26.4. The second-order valence-electron chi connectivity index (χ2n) is 6.85. The minimum Gasteiger partial charge on any atom is -0.480 e. The Morgan fingerprint density at radius 1 is 1.48 bits per heavy atom. The lowest BCUT2D eigenvalue weighted by molar-refractivity contribution is -0.142. The Balaban J connectivity index is 0.00000264. The van der Waals surface area contributed by atoms with Crippen molar-refractivity contribution < 1.29 is 14.7 Å². The minimum absolute atomic E-state index is 0. The zero-order valence-corrected chi connectivity index (χ0v) is 15.4. The number of carboxylic acid groups (broad SMARTS) is 1. The van der Waals surface area contributed by atoms with E-state index in [4.69, 9.17) is 0 Å². The molecule has 0 aliphatic carbocycles. The van der Waals surface area contributed by atoms with E-state index >= 15 is 0 Å². The van der Waals surface area contributed by atoms with Crippen LogP contribution in [0.3, 0.4) is 0 Å². The Labute approximate surface area is 147 Å². The highest BCUT2D eigenvalue weighted by atomic mass is 35.5. The molecule has 0 spiro atoms. The normalized spacial score (nSPS) is 19.9. The van der Waals surface area contributed by atoms with E-state index in [0.29, 0.717) is 13.0 Å². The van der Waals surface area contributed by atoms with E-state index in [1.165, 1.54) is 0 Å². The van der Waals surface area contributed by atoms with Gasteiger partial charge in [0, 0.05) is 4.88 Å². The maximum Gasteiger partial charge on any atom is 0.320 e. The molecule has 2 atom stereocenters. The first kappa shape index (κ1) is 19.9. The number of amides is 1. The molecule has 0 radical (unpaired) electrons. The molecule has 2 heterocycles. The number of nitrogens with zero attached hydrogens (tertiary/aromatic N) is 1. The van der Waals surface area contributed by atoms with Gasteiger partial charge in [0.15, 0.2) is 0 Å². The van der Waals surface area contributed by atoms with Crippen LogP contribution < -0.4 is 5.32 Å². The van der Waals surface area contributed by atoms with Crippen LogP contribution in [0.15, 0.2) is 17.5 Å². The maximum absolute atomic E-state index is 12.4. The monoisotopic (exact) mass is 360 g/mol. The van der Waals surface area contributed by atoms with Crippen LogP contribution in [0.2, 0.25) is 0 Å². The lowest BCUT2D eigenvalue weighted by atomic mass is 9.85. The molecular weight excluding hydrogens is 336 g/mol. The fourth-order valence-electron chi connectivity index (χ4n) is 2.86. The number of hydrogen-bond donors (Lipinski definition) is 2. The smallest absolute Gasteiger partial charge is 0.320 e. The third-order valence-corrected chi connectivity index (χ3v) is 4.93. The first-order valence-electron chi connectivity index (χ1n) is 7.58. The Hall–Kier alpha value is -1.11. The Kier molecular flexibility index (Phi) is 7.04. The van der Waals surface area contributed by atoms with Gasteiger partial charge in [-0.1, -0.05) is 26.8 Å². The van der Waals surface area contributed by atoms with Crippen LogP contribution in [0.5, 0.6) is 0 Å². The Morgan fingerprint density at radius 3 is 2.70 bits per heavy atom. The number of nitrogens with one attached hydrogen (secondary N) is 1.